The second-order valence-electron chi connectivity index (χ2n) is 2.65. The third-order valence-corrected chi connectivity index (χ3v) is 1.68. The summed E-state index contributed by atoms with van der Waals surface area (Å²) in [6.45, 7) is 3.34. The molecule has 0 bridgehead atoms. The largest absolute Gasteiger partial charge is 0.495 e. The molecule has 0 saturated heterocycles. The quantitative estimate of drug-likeness (QED) is 0.562. The van der Waals surface area contributed by atoms with Gasteiger partial charge in [-0.3, -0.25) is 4.79 Å². The number of nitrogens with two attached hydrogens (primary N) is 1. The SMILES string of the molecule is C=CC(=O)Nc1ccc(OC)c(N)c1. The molecule has 0 saturated carbocycles. The summed E-state index contributed by atoms with van der Waals surface area (Å²) in [7, 11) is 1.54. The monoisotopic (exact) mass is 192 g/mol. The van der Waals surface area contributed by atoms with E-state index in [1.807, 2.05) is 0 Å². The Kier molecular flexibility index (Phi) is 3.12. The van der Waals surface area contributed by atoms with Gasteiger partial charge < -0.3 is 15.8 Å². The van der Waals surface area contributed by atoms with Crippen LogP contribution in [0.1, 0.15) is 0 Å². The van der Waals surface area contributed by atoms with Crippen molar-refractivity contribution in [2.45, 2.75) is 0 Å². The molecule has 3 N–H and O–H groups in total. The summed E-state index contributed by atoms with van der Waals surface area (Å²) in [5.41, 5.74) is 6.75. The van der Waals surface area contributed by atoms with Gasteiger partial charge in [-0.1, -0.05) is 6.58 Å². The van der Waals surface area contributed by atoms with Crippen molar-refractivity contribution in [3.63, 3.8) is 0 Å². The van der Waals surface area contributed by atoms with Crippen LogP contribution in [0.4, 0.5) is 11.4 Å². The second kappa shape index (κ2) is 4.32. The average molecular weight is 192 g/mol. The first-order valence-corrected chi connectivity index (χ1v) is 4.04. The van der Waals surface area contributed by atoms with E-state index in [0.29, 0.717) is 17.1 Å². The van der Waals surface area contributed by atoms with Crippen molar-refractivity contribution in [2.24, 2.45) is 0 Å². The summed E-state index contributed by atoms with van der Waals surface area (Å²) < 4.78 is 4.97. The molecule has 1 aromatic carbocycles. The summed E-state index contributed by atoms with van der Waals surface area (Å²) in [5, 5.41) is 2.59. The van der Waals surface area contributed by atoms with Crippen LogP contribution >= 0.6 is 0 Å². The molecular formula is C10H12N2O2. The van der Waals surface area contributed by atoms with Crippen LogP contribution in [-0.2, 0) is 4.79 Å². The molecule has 0 unspecified atom stereocenters. The maximum absolute atomic E-state index is 10.9. The number of hydrogen-bond donors (Lipinski definition) is 2. The van der Waals surface area contributed by atoms with Crippen LogP contribution in [0, 0.1) is 0 Å². The minimum atomic E-state index is -0.269. The average Bonchev–Trinajstić information content (AvgIpc) is 2.18. The highest BCUT2D eigenvalue weighted by molar-refractivity contribution is 5.99. The summed E-state index contributed by atoms with van der Waals surface area (Å²) in [6, 6.07) is 5.02. The van der Waals surface area contributed by atoms with Crippen molar-refractivity contribution >= 4 is 17.3 Å². The standard InChI is InChI=1S/C10H12N2O2/c1-3-10(13)12-7-4-5-9(14-2)8(11)6-7/h3-6H,1,11H2,2H3,(H,12,13). The number of anilines is 2. The molecule has 0 spiro atoms. The van der Waals surface area contributed by atoms with E-state index in [-0.39, 0.29) is 5.91 Å². The number of rotatable bonds is 3. The molecule has 1 rings (SSSR count). The van der Waals surface area contributed by atoms with Gasteiger partial charge >= 0.3 is 0 Å². The van der Waals surface area contributed by atoms with Gasteiger partial charge in [0.2, 0.25) is 5.91 Å². The fourth-order valence-corrected chi connectivity index (χ4v) is 1.01. The summed E-state index contributed by atoms with van der Waals surface area (Å²) in [5.74, 6) is 0.316. The maximum atomic E-state index is 10.9. The van der Waals surface area contributed by atoms with Crippen LogP contribution in [0.3, 0.4) is 0 Å². The van der Waals surface area contributed by atoms with E-state index in [1.165, 1.54) is 13.2 Å². The number of ether oxygens (including phenoxy) is 1. The number of methoxy groups -OCH3 is 1. The molecule has 0 radical (unpaired) electrons. The van der Waals surface area contributed by atoms with Gasteiger partial charge in [0, 0.05) is 5.69 Å². The number of nitrogens with one attached hydrogen (secondary N) is 1. The minimum absolute atomic E-state index is 0.269. The van der Waals surface area contributed by atoms with Gasteiger partial charge in [0.1, 0.15) is 5.75 Å². The second-order valence-corrected chi connectivity index (χ2v) is 2.65. The number of carbonyl (C=O) groups is 1. The molecular weight excluding hydrogens is 180 g/mol. The van der Waals surface area contributed by atoms with E-state index in [9.17, 15) is 4.79 Å². The van der Waals surface area contributed by atoms with Crippen molar-refractivity contribution in [2.75, 3.05) is 18.2 Å². The lowest BCUT2D eigenvalue weighted by atomic mass is 10.2. The molecule has 0 aromatic heterocycles. The van der Waals surface area contributed by atoms with E-state index >= 15 is 0 Å². The van der Waals surface area contributed by atoms with Crippen LogP contribution in [0.2, 0.25) is 0 Å². The van der Waals surface area contributed by atoms with Crippen LogP contribution in [0.5, 0.6) is 5.75 Å². The lowest BCUT2D eigenvalue weighted by molar-refractivity contribution is -0.111. The molecule has 74 valence electrons. The minimum Gasteiger partial charge on any atom is -0.495 e. The van der Waals surface area contributed by atoms with E-state index in [4.69, 9.17) is 10.5 Å². The molecule has 1 aromatic rings. The molecule has 4 nitrogen and oxygen atoms in total. The van der Waals surface area contributed by atoms with Crippen molar-refractivity contribution in [3.8, 4) is 5.75 Å². The Labute approximate surface area is 82.4 Å². The van der Waals surface area contributed by atoms with Crippen molar-refractivity contribution in [1.29, 1.82) is 0 Å². The first-order valence-electron chi connectivity index (χ1n) is 4.04. The fourth-order valence-electron chi connectivity index (χ4n) is 1.01. The molecule has 1 amide bonds. The zero-order chi connectivity index (χ0) is 10.6. The zero-order valence-corrected chi connectivity index (χ0v) is 7.91. The summed E-state index contributed by atoms with van der Waals surface area (Å²) in [4.78, 5) is 10.9. The lowest BCUT2D eigenvalue weighted by Gasteiger charge is -2.07. The molecule has 4 heteroatoms. The highest BCUT2D eigenvalue weighted by Crippen LogP contribution is 2.24. The normalized spacial score (nSPS) is 9.21. The number of benzene rings is 1. The zero-order valence-electron chi connectivity index (χ0n) is 7.91. The summed E-state index contributed by atoms with van der Waals surface area (Å²) >= 11 is 0. The van der Waals surface area contributed by atoms with Gasteiger partial charge in [-0.2, -0.15) is 0 Å². The smallest absolute Gasteiger partial charge is 0.247 e. The summed E-state index contributed by atoms with van der Waals surface area (Å²) in [6.07, 6.45) is 1.19. The predicted molar refractivity (Wildman–Crippen MR) is 56.2 cm³/mol. The molecule has 0 aliphatic rings. The van der Waals surface area contributed by atoms with E-state index in [2.05, 4.69) is 11.9 Å². The van der Waals surface area contributed by atoms with Crippen molar-refractivity contribution in [1.82, 2.24) is 0 Å². The number of hydrogen-bond acceptors (Lipinski definition) is 3. The molecule has 0 aliphatic carbocycles. The van der Waals surface area contributed by atoms with Crippen molar-refractivity contribution in [3.05, 3.63) is 30.9 Å². The third-order valence-electron chi connectivity index (χ3n) is 1.68. The van der Waals surface area contributed by atoms with Crippen LogP contribution < -0.4 is 15.8 Å². The highest BCUT2D eigenvalue weighted by atomic mass is 16.5. The van der Waals surface area contributed by atoms with Gasteiger partial charge in [-0.25, -0.2) is 0 Å². The number of carbonyl (C=O) groups excluding carboxylic acids is 1. The first kappa shape index (κ1) is 10.1. The highest BCUT2D eigenvalue weighted by Gasteiger charge is 2.01. The fraction of sp³-hybridized carbons (Fsp3) is 0.100. The lowest BCUT2D eigenvalue weighted by Crippen LogP contribution is -2.07. The van der Waals surface area contributed by atoms with Gasteiger partial charge in [-0.05, 0) is 24.3 Å². The van der Waals surface area contributed by atoms with Gasteiger partial charge in [0.25, 0.3) is 0 Å². The molecule has 0 fully saturated rings. The van der Waals surface area contributed by atoms with E-state index < -0.39 is 0 Å². The Bertz CT molecular complexity index is 361. The van der Waals surface area contributed by atoms with Gasteiger partial charge in [0.05, 0.1) is 12.8 Å². The first-order chi connectivity index (χ1) is 6.67. The van der Waals surface area contributed by atoms with Crippen LogP contribution in [0.25, 0.3) is 0 Å². The maximum Gasteiger partial charge on any atom is 0.247 e. The Morgan fingerprint density at radius 2 is 2.36 bits per heavy atom. The van der Waals surface area contributed by atoms with E-state index in [1.54, 1.807) is 18.2 Å². The molecule has 14 heavy (non-hydrogen) atoms. The van der Waals surface area contributed by atoms with E-state index in [0.717, 1.165) is 0 Å². The topological polar surface area (TPSA) is 64.3 Å². The number of nitrogen functional groups attached to an aromatic ring is 1. The van der Waals surface area contributed by atoms with Gasteiger partial charge in [-0.15, -0.1) is 0 Å². The van der Waals surface area contributed by atoms with Crippen molar-refractivity contribution < 1.29 is 9.53 Å². The third kappa shape index (κ3) is 2.26. The number of amides is 1. The van der Waals surface area contributed by atoms with Crippen LogP contribution in [0.15, 0.2) is 30.9 Å². The Morgan fingerprint density at radius 3 is 2.86 bits per heavy atom. The molecule has 0 aliphatic heterocycles. The Balaban J connectivity index is 2.86. The molecule has 0 heterocycles. The van der Waals surface area contributed by atoms with Gasteiger partial charge in [0.15, 0.2) is 0 Å². The Morgan fingerprint density at radius 1 is 1.64 bits per heavy atom. The molecule has 0 atom stereocenters. The van der Waals surface area contributed by atoms with Crippen LogP contribution in [-0.4, -0.2) is 13.0 Å². The Hall–Kier alpha value is -1.97. The predicted octanol–water partition coefficient (Wildman–Crippen LogP) is 1.40.